The van der Waals surface area contributed by atoms with Gasteiger partial charge in [-0.05, 0) is 5.56 Å². The molecule has 1 aromatic carbocycles. The van der Waals surface area contributed by atoms with E-state index in [2.05, 4.69) is 31.3 Å². The van der Waals surface area contributed by atoms with Gasteiger partial charge in [0.25, 0.3) is 0 Å². The Hall–Kier alpha value is -3.01. The zero-order valence-corrected chi connectivity index (χ0v) is 11.8. The molecule has 0 spiro atoms. The lowest BCUT2D eigenvalue weighted by Gasteiger charge is -2.17. The molecule has 0 fully saturated rings. The molecule has 0 aliphatic carbocycles. The summed E-state index contributed by atoms with van der Waals surface area (Å²) in [7, 11) is 0. The predicted molar refractivity (Wildman–Crippen MR) is 95.3 cm³/mol. The van der Waals surface area contributed by atoms with E-state index in [1.54, 1.807) is 24.3 Å². The number of rotatable bonds is 4. The van der Waals surface area contributed by atoms with E-state index in [1.165, 1.54) is 0 Å². The van der Waals surface area contributed by atoms with Gasteiger partial charge in [0.15, 0.2) is 0 Å². The molecular formula is C17H18N4. The summed E-state index contributed by atoms with van der Waals surface area (Å²) in [5, 5.41) is 0.730. The molecule has 2 aromatic rings. The SMILES string of the molecule is C=Cc1c(N)nc2c(C=C)c(N)c(C=C)c(C=C)c2c1N. The number of hydrogen-bond acceptors (Lipinski definition) is 4. The van der Waals surface area contributed by atoms with Crippen LogP contribution in [0.4, 0.5) is 17.2 Å². The van der Waals surface area contributed by atoms with Gasteiger partial charge < -0.3 is 17.2 Å². The second-order valence-corrected chi connectivity index (χ2v) is 4.52. The smallest absolute Gasteiger partial charge is 0.133 e. The normalized spacial score (nSPS) is 10.3. The summed E-state index contributed by atoms with van der Waals surface area (Å²) in [6.45, 7) is 15.2. The van der Waals surface area contributed by atoms with Gasteiger partial charge in [-0.15, -0.1) is 0 Å². The fourth-order valence-corrected chi connectivity index (χ4v) is 2.51. The Morgan fingerprint density at radius 1 is 0.667 bits per heavy atom. The van der Waals surface area contributed by atoms with Crippen molar-refractivity contribution in [3.05, 3.63) is 48.6 Å². The summed E-state index contributed by atoms with van der Waals surface area (Å²) < 4.78 is 0. The van der Waals surface area contributed by atoms with Crippen molar-refractivity contribution < 1.29 is 0 Å². The number of nitrogens with zero attached hydrogens (tertiary/aromatic N) is 1. The predicted octanol–water partition coefficient (Wildman–Crippen LogP) is 3.55. The number of aromatic nitrogens is 1. The topological polar surface area (TPSA) is 90.9 Å². The molecule has 4 nitrogen and oxygen atoms in total. The Morgan fingerprint density at radius 3 is 1.67 bits per heavy atom. The molecule has 6 N–H and O–H groups in total. The minimum atomic E-state index is 0.305. The molecule has 2 rings (SSSR count). The molecule has 0 aliphatic rings. The van der Waals surface area contributed by atoms with Gasteiger partial charge in [-0.2, -0.15) is 0 Å². The second kappa shape index (κ2) is 5.17. The van der Waals surface area contributed by atoms with E-state index in [0.717, 1.165) is 16.5 Å². The van der Waals surface area contributed by atoms with Crippen LogP contribution in [0.3, 0.4) is 0 Å². The van der Waals surface area contributed by atoms with Gasteiger partial charge in [-0.3, -0.25) is 0 Å². The number of pyridine rings is 1. The molecule has 0 saturated carbocycles. The first-order valence-electron chi connectivity index (χ1n) is 6.35. The molecule has 0 saturated heterocycles. The summed E-state index contributed by atoms with van der Waals surface area (Å²) in [4.78, 5) is 4.42. The average Bonchev–Trinajstić information content (AvgIpc) is 2.46. The number of nitrogen functional groups attached to an aromatic ring is 3. The van der Waals surface area contributed by atoms with Crippen LogP contribution in [-0.4, -0.2) is 4.98 Å². The van der Waals surface area contributed by atoms with Crippen LogP contribution in [0.1, 0.15) is 22.3 Å². The van der Waals surface area contributed by atoms with Crippen LogP contribution in [0.15, 0.2) is 26.3 Å². The maximum absolute atomic E-state index is 6.26. The molecule has 0 aliphatic heterocycles. The minimum absolute atomic E-state index is 0.305. The van der Waals surface area contributed by atoms with Crippen molar-refractivity contribution in [2.75, 3.05) is 17.2 Å². The third-order valence-corrected chi connectivity index (χ3v) is 3.52. The van der Waals surface area contributed by atoms with E-state index in [1.807, 2.05) is 0 Å². The van der Waals surface area contributed by atoms with E-state index in [-0.39, 0.29) is 0 Å². The Labute approximate surface area is 124 Å². The van der Waals surface area contributed by atoms with Crippen LogP contribution in [0.2, 0.25) is 0 Å². The highest BCUT2D eigenvalue weighted by molar-refractivity contribution is 6.10. The van der Waals surface area contributed by atoms with E-state index < -0.39 is 0 Å². The Bertz CT molecular complexity index is 801. The number of fused-ring (bicyclic) bond motifs is 1. The number of benzene rings is 1. The van der Waals surface area contributed by atoms with Crippen molar-refractivity contribution in [2.24, 2.45) is 0 Å². The van der Waals surface area contributed by atoms with Crippen LogP contribution in [0, 0.1) is 0 Å². The summed E-state index contributed by atoms with van der Waals surface area (Å²) in [5.41, 5.74) is 22.8. The molecule has 0 bridgehead atoms. The van der Waals surface area contributed by atoms with Gasteiger partial charge in [-0.1, -0.05) is 50.6 Å². The molecular weight excluding hydrogens is 260 g/mol. The highest BCUT2D eigenvalue weighted by Crippen LogP contribution is 2.39. The zero-order valence-electron chi connectivity index (χ0n) is 11.8. The van der Waals surface area contributed by atoms with Crippen LogP contribution in [-0.2, 0) is 0 Å². The Kier molecular flexibility index (Phi) is 3.54. The van der Waals surface area contributed by atoms with E-state index >= 15 is 0 Å². The van der Waals surface area contributed by atoms with Crippen molar-refractivity contribution in [1.82, 2.24) is 4.98 Å². The fraction of sp³-hybridized carbons (Fsp3) is 0. The lowest BCUT2D eigenvalue weighted by atomic mass is 9.93. The fourth-order valence-electron chi connectivity index (χ4n) is 2.51. The first kappa shape index (κ1) is 14.4. The Morgan fingerprint density at radius 2 is 1.19 bits per heavy atom. The first-order valence-corrected chi connectivity index (χ1v) is 6.35. The summed E-state index contributed by atoms with van der Waals surface area (Å²) in [5.74, 6) is 0.305. The third kappa shape index (κ3) is 1.89. The molecule has 0 unspecified atom stereocenters. The number of anilines is 3. The van der Waals surface area contributed by atoms with Crippen molar-refractivity contribution >= 4 is 52.4 Å². The van der Waals surface area contributed by atoms with Gasteiger partial charge in [0.2, 0.25) is 0 Å². The summed E-state index contributed by atoms with van der Waals surface area (Å²) >= 11 is 0. The summed E-state index contributed by atoms with van der Waals surface area (Å²) in [6, 6.07) is 0. The van der Waals surface area contributed by atoms with E-state index in [4.69, 9.17) is 17.2 Å². The molecule has 0 atom stereocenters. The monoisotopic (exact) mass is 278 g/mol. The van der Waals surface area contributed by atoms with Gasteiger partial charge in [-0.25, -0.2) is 4.98 Å². The molecule has 21 heavy (non-hydrogen) atoms. The zero-order chi connectivity index (χ0) is 15.7. The van der Waals surface area contributed by atoms with Crippen molar-refractivity contribution in [3.63, 3.8) is 0 Å². The van der Waals surface area contributed by atoms with Crippen molar-refractivity contribution in [3.8, 4) is 0 Å². The van der Waals surface area contributed by atoms with Crippen molar-refractivity contribution in [1.29, 1.82) is 0 Å². The number of nitrogens with two attached hydrogens (primary N) is 3. The molecule has 106 valence electrons. The lowest BCUT2D eigenvalue weighted by Crippen LogP contribution is -2.06. The van der Waals surface area contributed by atoms with Crippen LogP contribution < -0.4 is 17.2 Å². The highest BCUT2D eigenvalue weighted by Gasteiger charge is 2.18. The van der Waals surface area contributed by atoms with E-state index in [0.29, 0.717) is 33.8 Å². The quantitative estimate of drug-likeness (QED) is 0.746. The maximum Gasteiger partial charge on any atom is 0.133 e. The van der Waals surface area contributed by atoms with Crippen molar-refractivity contribution in [2.45, 2.75) is 0 Å². The van der Waals surface area contributed by atoms with Gasteiger partial charge >= 0.3 is 0 Å². The molecule has 0 radical (unpaired) electrons. The van der Waals surface area contributed by atoms with Gasteiger partial charge in [0.05, 0.1) is 11.2 Å². The average molecular weight is 278 g/mol. The first-order chi connectivity index (χ1) is 10.0. The highest BCUT2D eigenvalue weighted by atomic mass is 14.9. The van der Waals surface area contributed by atoms with Gasteiger partial charge in [0.1, 0.15) is 5.82 Å². The second-order valence-electron chi connectivity index (χ2n) is 4.52. The van der Waals surface area contributed by atoms with E-state index in [9.17, 15) is 0 Å². The summed E-state index contributed by atoms with van der Waals surface area (Å²) in [6.07, 6.45) is 6.57. The minimum Gasteiger partial charge on any atom is -0.398 e. The largest absolute Gasteiger partial charge is 0.398 e. The molecule has 1 aromatic heterocycles. The van der Waals surface area contributed by atoms with Crippen LogP contribution in [0.25, 0.3) is 35.2 Å². The third-order valence-electron chi connectivity index (χ3n) is 3.52. The maximum atomic E-state index is 6.26. The number of hydrogen-bond donors (Lipinski definition) is 3. The Balaban J connectivity index is 3.24. The van der Waals surface area contributed by atoms with Crippen LogP contribution >= 0.6 is 0 Å². The molecule has 1 heterocycles. The van der Waals surface area contributed by atoms with Gasteiger partial charge in [0, 0.05) is 27.8 Å². The van der Waals surface area contributed by atoms with Crippen LogP contribution in [0.5, 0.6) is 0 Å². The standard InChI is InChI=1S/C17H18N4/c1-5-9-10(6-2)14(18)11(7-3)16-13(9)15(19)12(8-4)17(20)21-16/h5-8H,1-4,18H2,(H4,19,20,21). The molecule has 0 amide bonds. The lowest BCUT2D eigenvalue weighted by molar-refractivity contribution is 1.39. The molecule has 4 heteroatoms.